The summed E-state index contributed by atoms with van der Waals surface area (Å²) in [7, 11) is 0. The van der Waals surface area contributed by atoms with Gasteiger partial charge in [0.15, 0.2) is 4.34 Å². The average molecular weight is 247 g/mol. The highest BCUT2D eigenvalue weighted by atomic mass is 32.2. The molecule has 0 fully saturated rings. The van der Waals surface area contributed by atoms with Crippen LogP contribution in [-0.2, 0) is 4.74 Å². The number of nitrogen functional groups attached to an aromatic ring is 1. The van der Waals surface area contributed by atoms with Crippen LogP contribution < -0.4 is 5.73 Å². The molecule has 0 radical (unpaired) electrons. The Kier molecular flexibility index (Phi) is 5.97. The zero-order valence-electron chi connectivity index (χ0n) is 9.10. The Balaban J connectivity index is 1.98. The summed E-state index contributed by atoms with van der Waals surface area (Å²) in [5.74, 6) is 1.62. The molecule has 1 aromatic heterocycles. The van der Waals surface area contributed by atoms with Gasteiger partial charge in [-0.05, 0) is 12.3 Å². The molecule has 0 amide bonds. The summed E-state index contributed by atoms with van der Waals surface area (Å²) in [6.45, 7) is 6.00. The molecule has 0 unspecified atom stereocenters. The molecule has 0 spiro atoms. The molecule has 0 saturated carbocycles. The number of hydrogen-bond donors (Lipinski definition) is 1. The lowest BCUT2D eigenvalue weighted by Crippen LogP contribution is -2.02. The van der Waals surface area contributed by atoms with Crippen LogP contribution in [0, 0.1) is 5.92 Å². The number of nitrogens with zero attached hydrogens (tertiary/aromatic N) is 2. The molecule has 0 aliphatic carbocycles. The van der Waals surface area contributed by atoms with Crippen LogP contribution in [0.3, 0.4) is 0 Å². The molecule has 1 rings (SSSR count). The van der Waals surface area contributed by atoms with E-state index in [4.69, 9.17) is 10.5 Å². The maximum absolute atomic E-state index is 5.48. The summed E-state index contributed by atoms with van der Waals surface area (Å²) in [6, 6.07) is 0. The number of aromatic nitrogens is 2. The first kappa shape index (κ1) is 12.7. The number of rotatable bonds is 7. The van der Waals surface area contributed by atoms with Gasteiger partial charge in [-0.25, -0.2) is 0 Å². The summed E-state index contributed by atoms with van der Waals surface area (Å²) in [5.41, 5.74) is 5.46. The molecule has 1 heterocycles. The van der Waals surface area contributed by atoms with Gasteiger partial charge < -0.3 is 10.5 Å². The van der Waals surface area contributed by atoms with Gasteiger partial charge in [0.2, 0.25) is 5.13 Å². The van der Waals surface area contributed by atoms with E-state index in [1.54, 1.807) is 11.8 Å². The van der Waals surface area contributed by atoms with Gasteiger partial charge in [-0.1, -0.05) is 36.9 Å². The zero-order valence-corrected chi connectivity index (χ0v) is 10.7. The maximum atomic E-state index is 5.48. The van der Waals surface area contributed by atoms with E-state index < -0.39 is 0 Å². The summed E-state index contributed by atoms with van der Waals surface area (Å²) in [4.78, 5) is 0. The first-order valence-corrected chi connectivity index (χ1v) is 6.78. The monoisotopic (exact) mass is 247 g/mol. The lowest BCUT2D eigenvalue weighted by atomic mass is 10.1. The van der Waals surface area contributed by atoms with Gasteiger partial charge in [-0.2, -0.15) is 0 Å². The van der Waals surface area contributed by atoms with Gasteiger partial charge in [0.1, 0.15) is 0 Å². The first-order chi connectivity index (χ1) is 7.18. The molecule has 0 aromatic carbocycles. The van der Waals surface area contributed by atoms with Crippen LogP contribution in [-0.4, -0.2) is 29.2 Å². The maximum Gasteiger partial charge on any atom is 0.203 e. The summed E-state index contributed by atoms with van der Waals surface area (Å²) in [6.07, 6.45) is 1.12. The van der Waals surface area contributed by atoms with Crippen molar-refractivity contribution in [1.82, 2.24) is 10.2 Å². The fraction of sp³-hybridized carbons (Fsp3) is 0.778. The van der Waals surface area contributed by atoms with E-state index in [1.165, 1.54) is 11.3 Å². The quantitative estimate of drug-likeness (QED) is 0.591. The minimum absolute atomic E-state index is 0.526. The van der Waals surface area contributed by atoms with Crippen LogP contribution in [0.5, 0.6) is 0 Å². The lowest BCUT2D eigenvalue weighted by molar-refractivity contribution is 0.138. The van der Waals surface area contributed by atoms with Crippen LogP contribution in [0.15, 0.2) is 4.34 Å². The predicted octanol–water partition coefficient (Wildman–Crippen LogP) is 2.28. The minimum Gasteiger partial charge on any atom is -0.381 e. The largest absolute Gasteiger partial charge is 0.381 e. The highest BCUT2D eigenvalue weighted by molar-refractivity contribution is 8.01. The number of thioether (sulfide) groups is 1. The van der Waals surface area contributed by atoms with Crippen molar-refractivity contribution in [2.24, 2.45) is 5.92 Å². The molecular weight excluding hydrogens is 230 g/mol. The minimum atomic E-state index is 0.526. The smallest absolute Gasteiger partial charge is 0.203 e. The fourth-order valence-corrected chi connectivity index (χ4v) is 2.45. The van der Waals surface area contributed by atoms with Gasteiger partial charge in [0.25, 0.3) is 0 Å². The molecule has 2 N–H and O–H groups in total. The number of nitrogens with two attached hydrogens (primary N) is 1. The van der Waals surface area contributed by atoms with Gasteiger partial charge in [-0.15, -0.1) is 10.2 Å². The lowest BCUT2D eigenvalue weighted by Gasteiger charge is -2.04. The van der Waals surface area contributed by atoms with Crippen molar-refractivity contribution in [3.63, 3.8) is 0 Å². The second-order valence-electron chi connectivity index (χ2n) is 3.55. The topological polar surface area (TPSA) is 61.0 Å². The first-order valence-electron chi connectivity index (χ1n) is 4.98. The summed E-state index contributed by atoms with van der Waals surface area (Å²) < 4.78 is 6.39. The third kappa shape index (κ3) is 5.96. The molecule has 0 aliphatic heterocycles. The number of anilines is 1. The Labute approximate surface area is 98.6 Å². The Bertz CT molecular complexity index is 278. The third-order valence-corrected chi connectivity index (χ3v) is 3.56. The molecule has 0 atom stereocenters. The standard InChI is InChI=1S/C9H17N3OS2/c1-7(2)3-4-13-5-6-14-9-12-11-8(10)15-9/h7H,3-6H2,1-2H3,(H2,10,11). The summed E-state index contributed by atoms with van der Waals surface area (Å²) >= 11 is 3.06. The predicted molar refractivity (Wildman–Crippen MR) is 65.3 cm³/mol. The van der Waals surface area contributed by atoms with Crippen molar-refractivity contribution in [1.29, 1.82) is 0 Å². The van der Waals surface area contributed by atoms with Crippen molar-refractivity contribution in [3.05, 3.63) is 0 Å². The molecule has 0 saturated heterocycles. The van der Waals surface area contributed by atoms with E-state index in [0.29, 0.717) is 11.0 Å². The zero-order chi connectivity index (χ0) is 11.1. The second kappa shape index (κ2) is 7.03. The Morgan fingerprint density at radius 1 is 1.40 bits per heavy atom. The second-order valence-corrected chi connectivity index (χ2v) is 5.90. The highest BCUT2D eigenvalue weighted by Gasteiger charge is 2.01. The van der Waals surface area contributed by atoms with Gasteiger partial charge in [0.05, 0.1) is 6.61 Å². The average Bonchev–Trinajstić information content (AvgIpc) is 2.57. The SMILES string of the molecule is CC(C)CCOCCSc1nnc(N)s1. The number of ether oxygens (including phenoxy) is 1. The molecular formula is C9H17N3OS2. The van der Waals surface area contributed by atoms with Crippen LogP contribution in [0.25, 0.3) is 0 Å². The summed E-state index contributed by atoms with van der Waals surface area (Å²) in [5, 5.41) is 8.18. The van der Waals surface area contributed by atoms with Crippen molar-refractivity contribution in [2.75, 3.05) is 24.7 Å². The molecule has 0 aliphatic rings. The third-order valence-electron chi connectivity index (χ3n) is 1.71. The highest BCUT2D eigenvalue weighted by Crippen LogP contribution is 2.22. The van der Waals surface area contributed by atoms with Gasteiger partial charge >= 0.3 is 0 Å². The molecule has 1 aromatic rings. The van der Waals surface area contributed by atoms with E-state index in [1.807, 2.05) is 0 Å². The van der Waals surface area contributed by atoms with Crippen LogP contribution in [0.1, 0.15) is 20.3 Å². The van der Waals surface area contributed by atoms with Crippen molar-refractivity contribution in [2.45, 2.75) is 24.6 Å². The van der Waals surface area contributed by atoms with E-state index in [-0.39, 0.29) is 0 Å². The molecule has 4 nitrogen and oxygen atoms in total. The Morgan fingerprint density at radius 3 is 2.80 bits per heavy atom. The van der Waals surface area contributed by atoms with Crippen molar-refractivity contribution < 1.29 is 4.74 Å². The van der Waals surface area contributed by atoms with Gasteiger partial charge in [-0.3, -0.25) is 0 Å². The van der Waals surface area contributed by atoms with E-state index in [0.717, 1.165) is 29.7 Å². The molecule has 86 valence electrons. The van der Waals surface area contributed by atoms with Crippen LogP contribution in [0.2, 0.25) is 0 Å². The molecule has 15 heavy (non-hydrogen) atoms. The number of hydrogen-bond acceptors (Lipinski definition) is 6. The normalized spacial score (nSPS) is 11.1. The fourth-order valence-electron chi connectivity index (χ4n) is 0.888. The van der Waals surface area contributed by atoms with E-state index >= 15 is 0 Å². The van der Waals surface area contributed by atoms with Gasteiger partial charge in [0, 0.05) is 12.4 Å². The van der Waals surface area contributed by atoms with E-state index in [2.05, 4.69) is 24.0 Å². The van der Waals surface area contributed by atoms with Crippen molar-refractivity contribution >= 4 is 28.2 Å². The Morgan fingerprint density at radius 2 is 2.20 bits per heavy atom. The van der Waals surface area contributed by atoms with Crippen molar-refractivity contribution in [3.8, 4) is 0 Å². The van der Waals surface area contributed by atoms with Crippen LogP contribution in [0.4, 0.5) is 5.13 Å². The van der Waals surface area contributed by atoms with E-state index in [9.17, 15) is 0 Å². The molecule has 0 bridgehead atoms. The Hall–Kier alpha value is -0.330. The van der Waals surface area contributed by atoms with Crippen LogP contribution >= 0.6 is 23.1 Å². The molecule has 6 heteroatoms.